The molecule has 0 aliphatic heterocycles. The van der Waals surface area contributed by atoms with Crippen LogP contribution in [0.4, 0.5) is 4.79 Å². The van der Waals surface area contributed by atoms with Crippen LogP contribution in [0, 0.1) is 0 Å². The lowest BCUT2D eigenvalue weighted by molar-refractivity contribution is -0.0598. The monoisotopic (exact) mass is 601 g/mol. The van der Waals surface area contributed by atoms with Crippen LogP contribution in [0.2, 0.25) is 23.2 Å². The van der Waals surface area contributed by atoms with Gasteiger partial charge in [0.15, 0.2) is 0 Å². The average molecular weight is 602 g/mol. The Hall–Kier alpha value is -3.40. The van der Waals surface area contributed by atoms with E-state index in [-0.39, 0.29) is 16.7 Å². The highest BCUT2D eigenvalue weighted by Gasteiger charge is 2.54. The molecule has 0 aromatic heterocycles. The van der Waals surface area contributed by atoms with Gasteiger partial charge in [-0.2, -0.15) is 0 Å². The van der Waals surface area contributed by atoms with Gasteiger partial charge in [0.1, 0.15) is 6.61 Å². The van der Waals surface area contributed by atoms with E-state index >= 15 is 0 Å². The lowest BCUT2D eigenvalue weighted by Crippen LogP contribution is -2.69. The molecular formula is C35H47NO4Si2. The van der Waals surface area contributed by atoms with E-state index in [0.717, 1.165) is 21.5 Å². The van der Waals surface area contributed by atoms with Gasteiger partial charge >= 0.3 is 6.09 Å². The van der Waals surface area contributed by atoms with Crippen molar-refractivity contribution in [3.05, 3.63) is 121 Å². The number of hydrogen-bond donors (Lipinski definition) is 0. The molecule has 3 aromatic rings. The predicted octanol–water partition coefficient (Wildman–Crippen LogP) is 8.56. The van der Waals surface area contributed by atoms with Gasteiger partial charge in [0.05, 0.1) is 0 Å². The number of ether oxygens (including phenoxy) is 1. The van der Waals surface area contributed by atoms with E-state index in [0.29, 0.717) is 5.88 Å². The first kappa shape index (κ1) is 33.1. The Labute approximate surface area is 255 Å². The summed E-state index contributed by atoms with van der Waals surface area (Å²) in [6.07, 6.45) is 1.14. The highest BCUT2D eigenvalue weighted by molar-refractivity contribution is 6.99. The number of hydroxylamine groups is 2. The number of benzene rings is 3. The molecule has 1 amide bonds. The fourth-order valence-electron chi connectivity index (χ4n) is 4.46. The number of allylic oxidation sites excluding steroid dienone is 2. The summed E-state index contributed by atoms with van der Waals surface area (Å²) in [6, 6.07) is 30.1. The standard InChI is InChI=1S/C35H47NO4Si2/c1-28(2)26-32(39-41(9,10)34(3,4)5)36(33(37)38-27-29-20-14-11-15-21-29)40-42(35(6,7)8,30-22-16-12-17-23-30)31-24-18-13-19-25-31/h11-26H,1,27H2,2-10H3/b32-26-. The number of nitrogens with zero attached hydrogens (tertiary/aromatic N) is 1. The minimum absolute atomic E-state index is 0.0979. The van der Waals surface area contributed by atoms with Gasteiger partial charge in [-0.1, -0.05) is 145 Å². The maximum atomic E-state index is 14.2. The van der Waals surface area contributed by atoms with E-state index in [1.54, 1.807) is 6.08 Å². The zero-order valence-electron chi connectivity index (χ0n) is 26.7. The lowest BCUT2D eigenvalue weighted by Gasteiger charge is -2.46. The molecule has 0 aliphatic rings. The molecule has 0 bridgehead atoms. The highest BCUT2D eigenvalue weighted by Crippen LogP contribution is 2.41. The van der Waals surface area contributed by atoms with Crippen LogP contribution in [0.3, 0.4) is 0 Å². The first-order chi connectivity index (χ1) is 19.6. The molecule has 42 heavy (non-hydrogen) atoms. The molecule has 0 spiro atoms. The van der Waals surface area contributed by atoms with Crippen molar-refractivity contribution in [1.82, 2.24) is 5.06 Å². The number of hydrogen-bond acceptors (Lipinski definition) is 4. The molecule has 5 nitrogen and oxygen atoms in total. The first-order valence-corrected chi connectivity index (χ1v) is 19.3. The zero-order valence-corrected chi connectivity index (χ0v) is 28.7. The third kappa shape index (κ3) is 7.70. The van der Waals surface area contributed by atoms with E-state index in [2.05, 4.69) is 85.5 Å². The van der Waals surface area contributed by atoms with E-state index in [1.807, 2.05) is 73.7 Å². The number of amides is 1. The molecule has 0 saturated carbocycles. The first-order valence-electron chi connectivity index (χ1n) is 14.5. The Bertz CT molecular complexity index is 1320. The van der Waals surface area contributed by atoms with E-state index in [4.69, 9.17) is 13.7 Å². The third-order valence-electron chi connectivity index (χ3n) is 7.75. The van der Waals surface area contributed by atoms with Crippen molar-refractivity contribution in [3.8, 4) is 0 Å². The Morgan fingerprint density at radius 2 is 1.24 bits per heavy atom. The molecule has 7 heteroatoms. The van der Waals surface area contributed by atoms with Crippen LogP contribution in [0.15, 0.2) is 115 Å². The van der Waals surface area contributed by atoms with Crippen molar-refractivity contribution in [2.24, 2.45) is 0 Å². The predicted molar refractivity (Wildman–Crippen MR) is 178 cm³/mol. The third-order valence-corrected chi connectivity index (χ3v) is 16.9. The molecule has 0 atom stereocenters. The molecule has 224 valence electrons. The Kier molecular flexibility index (Phi) is 10.5. The van der Waals surface area contributed by atoms with Crippen LogP contribution in [0.5, 0.6) is 0 Å². The Morgan fingerprint density at radius 3 is 1.64 bits per heavy atom. The summed E-state index contributed by atoms with van der Waals surface area (Å²) < 4.78 is 20.0. The molecule has 0 aliphatic carbocycles. The van der Waals surface area contributed by atoms with Crippen LogP contribution >= 0.6 is 0 Å². The maximum absolute atomic E-state index is 14.2. The summed E-state index contributed by atoms with van der Waals surface area (Å²) >= 11 is 0. The molecule has 0 fully saturated rings. The second-order valence-electron chi connectivity index (χ2n) is 13.3. The lowest BCUT2D eigenvalue weighted by atomic mass is 10.2. The summed E-state index contributed by atoms with van der Waals surface area (Å²) in [5.41, 5.74) is 1.61. The number of rotatable bonds is 10. The smallest absolute Gasteiger partial charge is 0.440 e. The van der Waals surface area contributed by atoms with E-state index in [9.17, 15) is 4.79 Å². The van der Waals surface area contributed by atoms with E-state index < -0.39 is 22.7 Å². The summed E-state index contributed by atoms with van der Waals surface area (Å²) in [5.74, 6) is 0.292. The van der Waals surface area contributed by atoms with Crippen LogP contribution in [0.25, 0.3) is 0 Å². The van der Waals surface area contributed by atoms with Gasteiger partial charge in [-0.25, -0.2) is 4.79 Å². The van der Waals surface area contributed by atoms with Crippen molar-refractivity contribution in [2.45, 2.75) is 78.2 Å². The van der Waals surface area contributed by atoms with Gasteiger partial charge in [0.2, 0.25) is 5.88 Å². The molecule has 0 heterocycles. The number of carbonyl (C=O) groups is 1. The molecule has 0 N–H and O–H groups in total. The zero-order chi connectivity index (χ0) is 31.2. The maximum Gasteiger partial charge on any atom is 0.440 e. The summed E-state index contributed by atoms with van der Waals surface area (Å²) in [5, 5.41) is 2.82. The van der Waals surface area contributed by atoms with E-state index in [1.165, 1.54) is 5.06 Å². The quantitative estimate of drug-likeness (QED) is 0.101. The second-order valence-corrected chi connectivity index (χ2v) is 22.2. The van der Waals surface area contributed by atoms with Gasteiger partial charge in [-0.05, 0) is 46.0 Å². The van der Waals surface area contributed by atoms with Crippen molar-refractivity contribution >= 4 is 33.1 Å². The van der Waals surface area contributed by atoms with Crippen molar-refractivity contribution in [1.29, 1.82) is 0 Å². The fourth-order valence-corrected chi connectivity index (χ4v) is 9.75. The number of carbonyl (C=O) groups excluding carboxylic acids is 1. The molecule has 0 unspecified atom stereocenters. The van der Waals surface area contributed by atoms with Crippen LogP contribution < -0.4 is 10.4 Å². The average Bonchev–Trinajstić information content (AvgIpc) is 2.92. The Balaban J connectivity index is 2.26. The van der Waals surface area contributed by atoms with Gasteiger partial charge in [-0.15, -0.1) is 5.06 Å². The Morgan fingerprint density at radius 1 is 0.786 bits per heavy atom. The largest absolute Gasteiger partial charge is 0.530 e. The van der Waals surface area contributed by atoms with Gasteiger partial charge < -0.3 is 9.16 Å². The van der Waals surface area contributed by atoms with Crippen molar-refractivity contribution in [3.63, 3.8) is 0 Å². The highest BCUT2D eigenvalue weighted by atomic mass is 28.4. The second kappa shape index (κ2) is 13.3. The van der Waals surface area contributed by atoms with Crippen LogP contribution in [-0.4, -0.2) is 27.8 Å². The summed E-state index contributed by atoms with van der Waals surface area (Å²) in [7, 11) is -5.66. The summed E-state index contributed by atoms with van der Waals surface area (Å²) in [6.45, 7) is 23.4. The van der Waals surface area contributed by atoms with Crippen LogP contribution in [0.1, 0.15) is 54.0 Å². The summed E-state index contributed by atoms with van der Waals surface area (Å²) in [4.78, 5) is 14.2. The van der Waals surface area contributed by atoms with Gasteiger partial charge in [-0.3, -0.25) is 4.53 Å². The SMILES string of the molecule is C=C(C)/C=C(\O[Si](C)(C)C(C)(C)C)N(O[Si](c1ccccc1)(c1ccccc1)C(C)(C)C)C(=O)OCc1ccccc1. The minimum atomic E-state index is -3.23. The van der Waals surface area contributed by atoms with Gasteiger partial charge in [0.25, 0.3) is 16.6 Å². The van der Waals surface area contributed by atoms with Crippen molar-refractivity contribution < 1.29 is 18.5 Å². The molecular weight excluding hydrogens is 555 g/mol. The minimum Gasteiger partial charge on any atom is -0.530 e. The van der Waals surface area contributed by atoms with Gasteiger partial charge in [0, 0.05) is 6.08 Å². The topological polar surface area (TPSA) is 48.0 Å². The van der Waals surface area contributed by atoms with Crippen LogP contribution in [-0.2, 0) is 20.3 Å². The fraction of sp³-hybridized carbons (Fsp3) is 0.343. The molecule has 3 aromatic carbocycles. The molecule has 0 saturated heterocycles. The molecule has 3 rings (SSSR count). The normalized spacial score (nSPS) is 12.9. The molecule has 0 radical (unpaired) electrons. The van der Waals surface area contributed by atoms with Crippen molar-refractivity contribution in [2.75, 3.05) is 0 Å².